The molecule has 1 unspecified atom stereocenters. The van der Waals surface area contributed by atoms with Gasteiger partial charge in [-0.1, -0.05) is 30.3 Å². The Hall–Kier alpha value is -2.14. The van der Waals surface area contributed by atoms with Gasteiger partial charge in [-0.3, -0.25) is 0 Å². The number of hydrogen-bond donors (Lipinski definition) is 1. The second-order valence-electron chi connectivity index (χ2n) is 6.88. The van der Waals surface area contributed by atoms with E-state index in [2.05, 4.69) is 58.3 Å². The van der Waals surface area contributed by atoms with E-state index in [1.165, 1.54) is 5.56 Å². The first-order valence-electron chi connectivity index (χ1n) is 9.13. The number of nitrogens with zero attached hydrogens (tertiary/aromatic N) is 3. The highest BCUT2D eigenvalue weighted by Crippen LogP contribution is 2.21. The maximum atomic E-state index is 5.68. The van der Waals surface area contributed by atoms with Gasteiger partial charge in [-0.25, -0.2) is 9.97 Å². The molecular weight excluding hydrogens is 312 g/mol. The van der Waals surface area contributed by atoms with Crippen LogP contribution in [0.3, 0.4) is 0 Å². The molecule has 0 spiro atoms. The molecule has 2 aromatic rings. The summed E-state index contributed by atoms with van der Waals surface area (Å²) in [5.41, 5.74) is 1.28. The van der Waals surface area contributed by atoms with Crippen LogP contribution in [0.25, 0.3) is 0 Å². The molecule has 5 heteroatoms. The van der Waals surface area contributed by atoms with Crippen LogP contribution in [0.4, 0.5) is 11.6 Å². The van der Waals surface area contributed by atoms with Gasteiger partial charge in [-0.2, -0.15) is 0 Å². The fourth-order valence-corrected chi connectivity index (χ4v) is 3.12. The largest absolute Gasteiger partial charge is 0.376 e. The van der Waals surface area contributed by atoms with E-state index in [4.69, 9.17) is 4.74 Å². The van der Waals surface area contributed by atoms with E-state index in [0.717, 1.165) is 50.0 Å². The molecule has 134 valence electrons. The van der Waals surface area contributed by atoms with E-state index < -0.39 is 0 Å². The fraction of sp³-hybridized carbons (Fsp3) is 0.500. The number of hydrogen-bond acceptors (Lipinski definition) is 5. The van der Waals surface area contributed by atoms with E-state index in [-0.39, 0.29) is 0 Å². The number of rotatable bonds is 7. The Morgan fingerprint density at radius 1 is 1.24 bits per heavy atom. The lowest BCUT2D eigenvalue weighted by molar-refractivity contribution is 0.120. The smallest absolute Gasteiger partial charge is 0.134 e. The van der Waals surface area contributed by atoms with Crippen LogP contribution in [0, 0.1) is 6.92 Å². The molecule has 1 aliphatic rings. The first-order valence-corrected chi connectivity index (χ1v) is 9.13. The van der Waals surface area contributed by atoms with Crippen molar-refractivity contribution in [2.75, 3.05) is 23.4 Å². The average Bonchev–Trinajstić information content (AvgIpc) is 3.11. The number of aromatic nitrogens is 2. The van der Waals surface area contributed by atoms with Crippen LogP contribution in [0.1, 0.15) is 38.1 Å². The van der Waals surface area contributed by atoms with E-state index in [1.54, 1.807) is 0 Å². The Labute approximate surface area is 150 Å². The Morgan fingerprint density at radius 3 is 2.72 bits per heavy atom. The number of ether oxygens (including phenoxy) is 1. The van der Waals surface area contributed by atoms with Crippen molar-refractivity contribution in [2.45, 2.75) is 52.3 Å². The summed E-state index contributed by atoms with van der Waals surface area (Å²) in [4.78, 5) is 11.5. The number of nitrogens with one attached hydrogen (secondary N) is 1. The van der Waals surface area contributed by atoms with Crippen molar-refractivity contribution in [1.82, 2.24) is 9.97 Å². The highest BCUT2D eigenvalue weighted by atomic mass is 16.5. The molecule has 1 saturated heterocycles. The van der Waals surface area contributed by atoms with Gasteiger partial charge in [0.2, 0.25) is 0 Å². The number of aryl methyl sites for hydroxylation is 1. The monoisotopic (exact) mass is 340 g/mol. The van der Waals surface area contributed by atoms with Crippen LogP contribution in [0.2, 0.25) is 0 Å². The van der Waals surface area contributed by atoms with Crippen molar-refractivity contribution in [1.29, 1.82) is 0 Å². The zero-order valence-corrected chi connectivity index (χ0v) is 15.4. The molecule has 1 aromatic carbocycles. The van der Waals surface area contributed by atoms with Crippen molar-refractivity contribution in [3.8, 4) is 0 Å². The Bertz CT molecular complexity index is 669. The van der Waals surface area contributed by atoms with Crippen molar-refractivity contribution < 1.29 is 4.74 Å². The quantitative estimate of drug-likeness (QED) is 0.831. The molecule has 2 heterocycles. The third kappa shape index (κ3) is 4.92. The summed E-state index contributed by atoms with van der Waals surface area (Å²) >= 11 is 0. The Kier molecular flexibility index (Phi) is 5.87. The highest BCUT2D eigenvalue weighted by molar-refractivity contribution is 5.50. The Balaban J connectivity index is 1.75. The first kappa shape index (κ1) is 17.7. The minimum Gasteiger partial charge on any atom is -0.376 e. The molecule has 3 rings (SSSR count). The summed E-state index contributed by atoms with van der Waals surface area (Å²) in [5, 5.41) is 3.42. The van der Waals surface area contributed by atoms with Gasteiger partial charge in [0.1, 0.15) is 17.5 Å². The van der Waals surface area contributed by atoms with Crippen molar-refractivity contribution >= 4 is 11.6 Å². The average molecular weight is 340 g/mol. The first-order chi connectivity index (χ1) is 12.1. The van der Waals surface area contributed by atoms with Gasteiger partial charge in [-0.05, 0) is 39.2 Å². The molecule has 1 fully saturated rings. The minimum absolute atomic E-state index is 0.296. The minimum atomic E-state index is 0.296. The lowest BCUT2D eigenvalue weighted by atomic mass is 10.2. The summed E-state index contributed by atoms with van der Waals surface area (Å²) in [5.74, 6) is 2.61. The van der Waals surface area contributed by atoms with Crippen molar-refractivity contribution in [2.24, 2.45) is 0 Å². The van der Waals surface area contributed by atoms with E-state index in [9.17, 15) is 0 Å². The summed E-state index contributed by atoms with van der Waals surface area (Å²) in [6, 6.07) is 12.9. The van der Waals surface area contributed by atoms with E-state index in [1.807, 2.05) is 19.1 Å². The zero-order valence-electron chi connectivity index (χ0n) is 15.4. The molecule has 1 N–H and O–H groups in total. The fourth-order valence-electron chi connectivity index (χ4n) is 3.12. The van der Waals surface area contributed by atoms with Gasteiger partial charge in [0, 0.05) is 31.8 Å². The van der Waals surface area contributed by atoms with Crippen LogP contribution in [0.5, 0.6) is 0 Å². The highest BCUT2D eigenvalue weighted by Gasteiger charge is 2.17. The van der Waals surface area contributed by atoms with E-state index in [0.29, 0.717) is 12.1 Å². The molecule has 1 aromatic heterocycles. The van der Waals surface area contributed by atoms with Gasteiger partial charge >= 0.3 is 0 Å². The van der Waals surface area contributed by atoms with Crippen LogP contribution < -0.4 is 10.2 Å². The lowest BCUT2D eigenvalue weighted by Gasteiger charge is -2.28. The van der Waals surface area contributed by atoms with Gasteiger partial charge in [0.05, 0.1) is 6.10 Å². The molecule has 1 atom stereocenters. The van der Waals surface area contributed by atoms with Gasteiger partial charge in [-0.15, -0.1) is 0 Å². The molecule has 0 radical (unpaired) electrons. The predicted octanol–water partition coefficient (Wildman–Crippen LogP) is 3.79. The maximum absolute atomic E-state index is 5.68. The molecule has 5 nitrogen and oxygen atoms in total. The van der Waals surface area contributed by atoms with Crippen molar-refractivity contribution in [3.63, 3.8) is 0 Å². The van der Waals surface area contributed by atoms with Gasteiger partial charge in [0.15, 0.2) is 0 Å². The summed E-state index contributed by atoms with van der Waals surface area (Å²) < 4.78 is 5.68. The molecule has 1 aliphatic heterocycles. The summed E-state index contributed by atoms with van der Waals surface area (Å²) in [6.07, 6.45) is 2.57. The van der Waals surface area contributed by atoms with Crippen LogP contribution in [0.15, 0.2) is 36.4 Å². The molecule has 0 bridgehead atoms. The SMILES string of the molecule is Cc1nc(NCC2CCCO2)cc(N(Cc2ccccc2)C(C)C)n1. The second-order valence-corrected chi connectivity index (χ2v) is 6.88. The van der Waals surface area contributed by atoms with Crippen LogP contribution in [-0.4, -0.2) is 35.3 Å². The predicted molar refractivity (Wildman–Crippen MR) is 102 cm³/mol. The van der Waals surface area contributed by atoms with Crippen LogP contribution in [-0.2, 0) is 11.3 Å². The maximum Gasteiger partial charge on any atom is 0.134 e. The normalized spacial score (nSPS) is 17.0. The zero-order chi connectivity index (χ0) is 17.6. The molecule has 0 saturated carbocycles. The molecule has 0 amide bonds. The standard InChI is InChI=1S/C20H28N4O/c1-15(2)24(14-17-8-5-4-6-9-17)20-12-19(22-16(3)23-20)21-13-18-10-7-11-25-18/h4-6,8-9,12,15,18H,7,10-11,13-14H2,1-3H3,(H,21,22,23). The number of benzene rings is 1. The third-order valence-corrected chi connectivity index (χ3v) is 4.47. The van der Waals surface area contributed by atoms with E-state index >= 15 is 0 Å². The van der Waals surface area contributed by atoms with Gasteiger partial charge in [0.25, 0.3) is 0 Å². The summed E-state index contributed by atoms with van der Waals surface area (Å²) in [6.45, 7) is 8.84. The Morgan fingerprint density at radius 2 is 2.04 bits per heavy atom. The second kappa shape index (κ2) is 8.30. The van der Waals surface area contributed by atoms with Crippen molar-refractivity contribution in [3.05, 3.63) is 47.8 Å². The molecular formula is C20H28N4O. The summed E-state index contributed by atoms with van der Waals surface area (Å²) in [7, 11) is 0. The van der Waals surface area contributed by atoms with Crippen LogP contribution >= 0.6 is 0 Å². The molecule has 0 aliphatic carbocycles. The topological polar surface area (TPSA) is 50.3 Å². The molecule has 25 heavy (non-hydrogen) atoms. The lowest BCUT2D eigenvalue weighted by Crippen LogP contribution is -2.31. The van der Waals surface area contributed by atoms with Gasteiger partial charge < -0.3 is 15.0 Å². The number of anilines is 2. The third-order valence-electron chi connectivity index (χ3n) is 4.47.